The first-order chi connectivity index (χ1) is 16.6. The highest BCUT2D eigenvalue weighted by Gasteiger charge is 2.38. The number of phosphoric acid groups is 1. The highest BCUT2D eigenvalue weighted by molar-refractivity contribution is 7.46. The lowest BCUT2D eigenvalue weighted by atomic mass is 9.90. The molecule has 35 heavy (non-hydrogen) atoms. The Hall–Kier alpha value is -2.27. The number of aliphatic hydroxyl groups excluding tert-OH is 1. The van der Waals surface area contributed by atoms with Crippen LogP contribution in [-0.4, -0.2) is 86.6 Å². The van der Waals surface area contributed by atoms with Crippen molar-refractivity contribution in [2.45, 2.75) is 44.9 Å². The van der Waals surface area contributed by atoms with Gasteiger partial charge in [-0.25, -0.2) is 4.57 Å². The third-order valence-corrected chi connectivity index (χ3v) is 7.38. The summed E-state index contributed by atoms with van der Waals surface area (Å²) in [6.45, 7) is 6.72. The van der Waals surface area contributed by atoms with Gasteiger partial charge in [0.15, 0.2) is 11.8 Å². The van der Waals surface area contributed by atoms with Crippen LogP contribution in [0.25, 0.3) is 0 Å². The molecule has 1 fully saturated rings. The van der Waals surface area contributed by atoms with Crippen molar-refractivity contribution in [3.63, 3.8) is 0 Å². The Morgan fingerprint density at radius 3 is 2.31 bits per heavy atom. The number of hydrogen-bond acceptors (Lipinski definition) is 8. The van der Waals surface area contributed by atoms with Gasteiger partial charge in [0, 0.05) is 56.7 Å². The van der Waals surface area contributed by atoms with Crippen LogP contribution in [0.2, 0.25) is 0 Å². The summed E-state index contributed by atoms with van der Waals surface area (Å²) < 4.78 is 22.8. The van der Waals surface area contributed by atoms with Gasteiger partial charge in [0.2, 0.25) is 0 Å². The first-order valence-electron chi connectivity index (χ1n) is 11.7. The zero-order chi connectivity index (χ0) is 25.3. The van der Waals surface area contributed by atoms with E-state index in [9.17, 15) is 19.9 Å². The Balaban J connectivity index is 1.33. The summed E-state index contributed by atoms with van der Waals surface area (Å²) in [5.74, 6) is 0.591. The number of aromatic hydroxyl groups is 2. The number of hydrogen-bond donors (Lipinski definition) is 5. The fourth-order valence-corrected chi connectivity index (χ4v) is 5.58. The zero-order valence-electron chi connectivity index (χ0n) is 20.0. The first-order valence-corrected chi connectivity index (χ1v) is 13.3. The minimum absolute atomic E-state index is 0.0588. The predicted octanol–water partition coefficient (Wildman–Crippen LogP) is 1.37. The van der Waals surface area contributed by atoms with E-state index in [0.717, 1.165) is 44.2 Å². The molecule has 0 amide bonds. The Kier molecular flexibility index (Phi) is 7.65. The molecule has 2 aromatic rings. The van der Waals surface area contributed by atoms with Gasteiger partial charge < -0.3 is 34.7 Å². The maximum Gasteiger partial charge on any atom is 0.469 e. The Bertz CT molecular complexity index is 1090. The van der Waals surface area contributed by atoms with E-state index in [2.05, 4.69) is 27.3 Å². The molecule has 194 valence electrons. The molecule has 2 unspecified atom stereocenters. The molecule has 0 saturated carbocycles. The lowest BCUT2D eigenvalue weighted by Gasteiger charge is -2.36. The van der Waals surface area contributed by atoms with Crippen molar-refractivity contribution < 1.29 is 38.9 Å². The van der Waals surface area contributed by atoms with Crippen molar-refractivity contribution in [3.8, 4) is 17.5 Å². The quantitative estimate of drug-likeness (QED) is 0.329. The third-order valence-electron chi connectivity index (χ3n) is 6.84. The van der Waals surface area contributed by atoms with Gasteiger partial charge in [0.25, 0.3) is 0 Å². The number of aliphatic hydroxyl groups is 1. The van der Waals surface area contributed by atoms with E-state index in [-0.39, 0.29) is 24.6 Å². The summed E-state index contributed by atoms with van der Waals surface area (Å²) in [6, 6.07) is 6.17. The normalized spacial score (nSPS) is 21.2. The first kappa shape index (κ1) is 25.8. The number of benzene rings is 1. The van der Waals surface area contributed by atoms with Gasteiger partial charge in [-0.15, -0.1) is 0 Å². The predicted molar refractivity (Wildman–Crippen MR) is 129 cm³/mol. The SMILES string of the molecule is COc1ccc(C)cc1N1CCN(CCCn2c(O)c3c(c2O)CC(OP(=O)(O)O)C(O)C3)CC1. The van der Waals surface area contributed by atoms with Crippen LogP contribution in [0.1, 0.15) is 23.1 Å². The summed E-state index contributed by atoms with van der Waals surface area (Å²) in [6.07, 6.45) is -1.82. The van der Waals surface area contributed by atoms with E-state index in [4.69, 9.17) is 14.5 Å². The summed E-state index contributed by atoms with van der Waals surface area (Å²) >= 11 is 0. The lowest BCUT2D eigenvalue weighted by Crippen LogP contribution is -2.46. The average Bonchev–Trinajstić information content (AvgIpc) is 3.03. The second kappa shape index (κ2) is 10.4. The number of anilines is 1. The largest absolute Gasteiger partial charge is 0.495 e. The molecule has 2 atom stereocenters. The molecule has 11 nitrogen and oxygen atoms in total. The number of piperazine rings is 1. The second-order valence-corrected chi connectivity index (χ2v) is 10.4. The number of aromatic nitrogens is 1. The molecule has 1 aliphatic heterocycles. The summed E-state index contributed by atoms with van der Waals surface area (Å²) in [5, 5.41) is 31.5. The number of nitrogens with zero attached hydrogens (tertiary/aromatic N) is 3. The van der Waals surface area contributed by atoms with E-state index in [1.807, 2.05) is 12.1 Å². The third kappa shape index (κ3) is 5.77. The van der Waals surface area contributed by atoms with Gasteiger partial charge in [-0.1, -0.05) is 6.07 Å². The maximum atomic E-state index is 11.2. The number of rotatable bonds is 8. The fraction of sp³-hybridized carbons (Fsp3) is 0.565. The maximum absolute atomic E-state index is 11.2. The van der Waals surface area contributed by atoms with Crippen molar-refractivity contribution in [1.29, 1.82) is 0 Å². The van der Waals surface area contributed by atoms with Crippen molar-refractivity contribution in [2.75, 3.05) is 44.7 Å². The van der Waals surface area contributed by atoms with Gasteiger partial charge in [-0.05, 0) is 37.6 Å². The van der Waals surface area contributed by atoms with E-state index in [0.29, 0.717) is 24.1 Å². The fourth-order valence-electron chi connectivity index (χ4n) is 5.01. The molecule has 1 aromatic heterocycles. The molecule has 0 radical (unpaired) electrons. The summed E-state index contributed by atoms with van der Waals surface area (Å²) in [4.78, 5) is 22.8. The zero-order valence-corrected chi connectivity index (χ0v) is 20.9. The molecule has 2 aliphatic rings. The molecule has 1 aromatic carbocycles. The van der Waals surface area contributed by atoms with Gasteiger partial charge in [-0.2, -0.15) is 0 Å². The number of aryl methyl sites for hydroxylation is 1. The van der Waals surface area contributed by atoms with Crippen molar-refractivity contribution in [3.05, 3.63) is 34.9 Å². The van der Waals surface area contributed by atoms with Crippen molar-refractivity contribution >= 4 is 13.5 Å². The van der Waals surface area contributed by atoms with Crippen LogP contribution in [0.3, 0.4) is 0 Å². The van der Waals surface area contributed by atoms with Gasteiger partial charge in [0.05, 0.1) is 25.0 Å². The number of ether oxygens (including phenoxy) is 1. The second-order valence-electron chi connectivity index (χ2n) is 9.22. The average molecular weight is 512 g/mol. The van der Waals surface area contributed by atoms with Crippen LogP contribution in [0, 0.1) is 6.92 Å². The Morgan fingerprint density at radius 1 is 1.03 bits per heavy atom. The summed E-state index contributed by atoms with van der Waals surface area (Å²) in [7, 11) is -3.11. The molecule has 12 heteroatoms. The molecule has 1 saturated heterocycles. The van der Waals surface area contributed by atoms with Crippen LogP contribution in [0.4, 0.5) is 5.69 Å². The molecule has 5 N–H and O–H groups in total. The minimum atomic E-state index is -4.80. The number of phosphoric ester groups is 1. The molecular formula is C23H34N3O8P. The highest BCUT2D eigenvalue weighted by atomic mass is 31.2. The topological polar surface area (TPSA) is 148 Å². The van der Waals surface area contributed by atoms with Crippen molar-refractivity contribution in [1.82, 2.24) is 9.47 Å². The smallest absolute Gasteiger partial charge is 0.469 e. The number of methoxy groups -OCH3 is 1. The van der Waals surface area contributed by atoms with Crippen LogP contribution < -0.4 is 9.64 Å². The highest BCUT2D eigenvalue weighted by Crippen LogP contribution is 2.44. The van der Waals surface area contributed by atoms with E-state index in [1.165, 1.54) is 10.1 Å². The molecule has 2 heterocycles. The van der Waals surface area contributed by atoms with Gasteiger partial charge in [0.1, 0.15) is 5.75 Å². The molecule has 1 aliphatic carbocycles. The van der Waals surface area contributed by atoms with Crippen LogP contribution in [0.15, 0.2) is 18.2 Å². The molecule has 0 bridgehead atoms. The molecule has 4 rings (SSSR count). The Morgan fingerprint density at radius 2 is 1.69 bits per heavy atom. The minimum Gasteiger partial charge on any atom is -0.495 e. The van der Waals surface area contributed by atoms with Crippen LogP contribution in [0.5, 0.6) is 17.5 Å². The lowest BCUT2D eigenvalue weighted by molar-refractivity contribution is 0.0115. The van der Waals surface area contributed by atoms with Gasteiger partial charge >= 0.3 is 7.82 Å². The van der Waals surface area contributed by atoms with Crippen LogP contribution >= 0.6 is 7.82 Å². The van der Waals surface area contributed by atoms with E-state index >= 15 is 0 Å². The summed E-state index contributed by atoms with van der Waals surface area (Å²) in [5.41, 5.74) is 3.03. The monoisotopic (exact) mass is 511 g/mol. The molecule has 0 spiro atoms. The van der Waals surface area contributed by atoms with E-state index in [1.54, 1.807) is 7.11 Å². The molecular weight excluding hydrogens is 477 g/mol. The Labute approximate surface area is 204 Å². The van der Waals surface area contributed by atoms with E-state index < -0.39 is 20.0 Å². The standard InChI is InChI=1S/C23H34N3O8P/c1-15-4-5-20(33-2)18(12-15)25-10-8-24(9-11-25)6-3-7-26-22(28)16-13-19(27)21(34-35(30,31)32)14-17(16)23(26)29/h4-5,12,19,21,27-29H,3,6-11,13-14H2,1-2H3,(H2,30,31,32). The number of fused-ring (bicyclic) bond motifs is 1. The van der Waals surface area contributed by atoms with Crippen molar-refractivity contribution in [2.24, 2.45) is 0 Å². The van der Waals surface area contributed by atoms with Gasteiger partial charge in [-0.3, -0.25) is 14.0 Å². The van der Waals surface area contributed by atoms with Crippen LogP contribution in [-0.2, 0) is 28.5 Å².